The Labute approximate surface area is 201 Å². The maximum atomic E-state index is 13.8. The van der Waals surface area contributed by atoms with Crippen LogP contribution in [0.25, 0.3) is 0 Å². The predicted octanol–water partition coefficient (Wildman–Crippen LogP) is 6.37. The van der Waals surface area contributed by atoms with Gasteiger partial charge in [0.05, 0.1) is 18.1 Å². The largest absolute Gasteiger partial charge is 0.447 e. The Kier molecular flexibility index (Phi) is 8.88. The molecule has 0 saturated carbocycles. The molecule has 1 aromatic rings. The molecule has 0 bridgehead atoms. The minimum atomic E-state index is -2.27. The van der Waals surface area contributed by atoms with Crippen LogP contribution in [0.3, 0.4) is 0 Å². The smallest absolute Gasteiger partial charge is 0.417 e. The van der Waals surface area contributed by atoms with E-state index in [1.54, 1.807) is 0 Å². The third-order valence-electron chi connectivity index (χ3n) is 7.43. The molecule has 2 amide bonds. The second-order valence-corrected chi connectivity index (χ2v) is 15.0. The molecular formula is C27H41NO4Si. The quantitative estimate of drug-likeness (QED) is 0.294. The Morgan fingerprint density at radius 2 is 1.91 bits per heavy atom. The van der Waals surface area contributed by atoms with Crippen molar-refractivity contribution in [1.82, 2.24) is 4.90 Å². The lowest BCUT2D eigenvalue weighted by Crippen LogP contribution is -2.52. The second-order valence-electron chi connectivity index (χ2n) is 10.5. The van der Waals surface area contributed by atoms with E-state index in [2.05, 4.69) is 47.4 Å². The van der Waals surface area contributed by atoms with Crippen molar-refractivity contribution in [2.45, 2.75) is 78.2 Å². The van der Waals surface area contributed by atoms with Crippen molar-refractivity contribution < 1.29 is 18.8 Å². The van der Waals surface area contributed by atoms with Gasteiger partial charge in [-0.3, -0.25) is 4.79 Å². The number of amides is 2. The standard InChI is InChI=1S/C27H41NO4Si/c1-10-14-23(24(19(2)3)32-33(8,9)27(6,7)20(4)5)25(29)28-22(18-31-26(28)30)17-21-15-12-11-13-16-21/h10-16,20,22-24H,2,17-18H2,1,3-9H3/b14-10-/t22-,23-,24+/m0/s1. The average Bonchev–Trinajstić information content (AvgIpc) is 3.10. The van der Waals surface area contributed by atoms with Crippen molar-refractivity contribution in [2.75, 3.05) is 6.61 Å². The highest BCUT2D eigenvalue weighted by Crippen LogP contribution is 2.46. The number of carbonyl (C=O) groups excluding carboxylic acids is 2. The Hall–Kier alpha value is -2.18. The van der Waals surface area contributed by atoms with Gasteiger partial charge in [0.25, 0.3) is 0 Å². The van der Waals surface area contributed by atoms with Gasteiger partial charge in [-0.15, -0.1) is 0 Å². The molecule has 2 rings (SSSR count). The zero-order valence-corrected chi connectivity index (χ0v) is 22.6. The van der Waals surface area contributed by atoms with Gasteiger partial charge in [0.15, 0.2) is 8.32 Å². The van der Waals surface area contributed by atoms with Gasteiger partial charge in [-0.25, -0.2) is 9.69 Å². The molecule has 0 radical (unpaired) electrons. The van der Waals surface area contributed by atoms with Crippen LogP contribution in [0, 0.1) is 11.8 Å². The van der Waals surface area contributed by atoms with Crippen molar-refractivity contribution in [2.24, 2.45) is 11.8 Å². The first-order valence-electron chi connectivity index (χ1n) is 11.8. The van der Waals surface area contributed by atoms with E-state index in [4.69, 9.17) is 9.16 Å². The molecule has 182 valence electrons. The third-order valence-corrected chi connectivity index (χ3v) is 12.0. The highest BCUT2D eigenvalue weighted by Gasteiger charge is 2.48. The number of nitrogens with zero attached hydrogens (tertiary/aromatic N) is 1. The molecule has 1 heterocycles. The van der Waals surface area contributed by atoms with Gasteiger partial charge in [-0.05, 0) is 49.9 Å². The van der Waals surface area contributed by atoms with Crippen LogP contribution >= 0.6 is 0 Å². The lowest BCUT2D eigenvalue weighted by molar-refractivity contribution is -0.134. The summed E-state index contributed by atoms with van der Waals surface area (Å²) < 4.78 is 12.1. The molecule has 1 aromatic carbocycles. The number of hydrogen-bond acceptors (Lipinski definition) is 4. The second kappa shape index (κ2) is 10.8. The summed E-state index contributed by atoms with van der Waals surface area (Å²) >= 11 is 0. The van der Waals surface area contributed by atoms with Crippen molar-refractivity contribution in [3.63, 3.8) is 0 Å². The summed E-state index contributed by atoms with van der Waals surface area (Å²) in [6, 6.07) is 9.51. The Morgan fingerprint density at radius 3 is 2.42 bits per heavy atom. The normalized spacial score (nSPS) is 19.1. The van der Waals surface area contributed by atoms with Crippen molar-refractivity contribution >= 4 is 20.3 Å². The van der Waals surface area contributed by atoms with Gasteiger partial charge < -0.3 is 9.16 Å². The molecule has 1 fully saturated rings. The minimum absolute atomic E-state index is 0.0212. The van der Waals surface area contributed by atoms with E-state index in [0.29, 0.717) is 12.3 Å². The summed E-state index contributed by atoms with van der Waals surface area (Å²) in [5.74, 6) is -0.521. The number of allylic oxidation sites excluding steroid dienone is 1. The monoisotopic (exact) mass is 471 g/mol. The molecule has 6 heteroatoms. The average molecular weight is 472 g/mol. The van der Waals surface area contributed by atoms with Crippen LogP contribution < -0.4 is 0 Å². The molecule has 1 saturated heterocycles. The zero-order chi connectivity index (χ0) is 25.0. The molecule has 5 nitrogen and oxygen atoms in total. The number of rotatable bonds is 10. The lowest BCUT2D eigenvalue weighted by Gasteiger charge is -2.45. The van der Waals surface area contributed by atoms with E-state index in [1.165, 1.54) is 4.90 Å². The number of ether oxygens (including phenoxy) is 1. The van der Waals surface area contributed by atoms with Crippen LogP contribution in [0.15, 0.2) is 54.6 Å². The summed E-state index contributed by atoms with van der Waals surface area (Å²) in [4.78, 5) is 27.8. The summed E-state index contributed by atoms with van der Waals surface area (Å²) in [6.07, 6.45) is 3.13. The minimum Gasteiger partial charge on any atom is -0.447 e. The molecule has 0 N–H and O–H groups in total. The van der Waals surface area contributed by atoms with Crippen LogP contribution in [-0.2, 0) is 20.4 Å². The fourth-order valence-corrected chi connectivity index (χ4v) is 6.77. The van der Waals surface area contributed by atoms with Crippen molar-refractivity contribution in [1.29, 1.82) is 0 Å². The number of imide groups is 1. The molecule has 33 heavy (non-hydrogen) atoms. The molecule has 0 unspecified atom stereocenters. The SMILES string of the molecule is C=C(C)[C@@H](O[Si](C)(C)C(C)(C)C(C)C)[C@H](/C=C\C)C(=O)N1C(=O)OC[C@@H]1Cc1ccccc1. The van der Waals surface area contributed by atoms with Crippen LogP contribution in [0.4, 0.5) is 4.79 Å². The molecule has 0 spiro atoms. The van der Waals surface area contributed by atoms with Gasteiger partial charge in [0.1, 0.15) is 6.61 Å². The van der Waals surface area contributed by atoms with Gasteiger partial charge in [-0.1, -0.05) is 82.3 Å². The number of hydrogen-bond donors (Lipinski definition) is 0. The molecular weight excluding hydrogens is 430 g/mol. The Balaban J connectivity index is 2.37. The van der Waals surface area contributed by atoms with E-state index in [-0.39, 0.29) is 23.6 Å². The maximum Gasteiger partial charge on any atom is 0.417 e. The van der Waals surface area contributed by atoms with Gasteiger partial charge in [0, 0.05) is 0 Å². The van der Waals surface area contributed by atoms with Crippen LogP contribution in [-0.4, -0.2) is 44.0 Å². The summed E-state index contributed by atoms with van der Waals surface area (Å²) in [7, 11) is -2.27. The van der Waals surface area contributed by atoms with Crippen LogP contribution in [0.1, 0.15) is 47.1 Å². The van der Waals surface area contributed by atoms with E-state index < -0.39 is 26.4 Å². The lowest BCUT2D eigenvalue weighted by atomic mass is 9.94. The van der Waals surface area contributed by atoms with E-state index in [1.807, 2.05) is 56.3 Å². The van der Waals surface area contributed by atoms with Crippen molar-refractivity contribution in [3.05, 3.63) is 60.2 Å². The predicted molar refractivity (Wildman–Crippen MR) is 136 cm³/mol. The molecule has 1 aliphatic heterocycles. The van der Waals surface area contributed by atoms with Gasteiger partial charge >= 0.3 is 6.09 Å². The fraction of sp³-hybridized carbons (Fsp3) is 0.556. The van der Waals surface area contributed by atoms with Gasteiger partial charge in [-0.2, -0.15) is 0 Å². The van der Waals surface area contributed by atoms with Crippen LogP contribution in [0.5, 0.6) is 0 Å². The third kappa shape index (κ3) is 6.04. The first-order chi connectivity index (χ1) is 15.3. The Morgan fingerprint density at radius 1 is 1.30 bits per heavy atom. The summed E-state index contributed by atoms with van der Waals surface area (Å²) in [5, 5.41) is -0.0212. The number of carbonyl (C=O) groups is 2. The van der Waals surface area contributed by atoms with E-state index in [9.17, 15) is 9.59 Å². The first kappa shape index (κ1) is 27.1. The maximum absolute atomic E-state index is 13.8. The zero-order valence-electron chi connectivity index (χ0n) is 21.6. The van der Waals surface area contributed by atoms with E-state index in [0.717, 1.165) is 11.1 Å². The topological polar surface area (TPSA) is 55.8 Å². The Bertz CT molecular complexity index is 875. The number of benzene rings is 1. The molecule has 0 aromatic heterocycles. The number of cyclic esters (lactones) is 1. The van der Waals surface area contributed by atoms with Gasteiger partial charge in [0.2, 0.25) is 5.91 Å². The summed E-state index contributed by atoms with van der Waals surface area (Å²) in [5.41, 5.74) is 1.83. The highest BCUT2D eigenvalue weighted by molar-refractivity contribution is 6.74. The highest BCUT2D eigenvalue weighted by atomic mass is 28.4. The fourth-order valence-electron chi connectivity index (χ4n) is 4.09. The van der Waals surface area contributed by atoms with Crippen LogP contribution in [0.2, 0.25) is 18.1 Å². The molecule has 3 atom stereocenters. The van der Waals surface area contributed by atoms with E-state index >= 15 is 0 Å². The first-order valence-corrected chi connectivity index (χ1v) is 14.7. The molecule has 0 aliphatic carbocycles. The van der Waals surface area contributed by atoms with Crippen molar-refractivity contribution in [3.8, 4) is 0 Å². The molecule has 1 aliphatic rings. The summed E-state index contributed by atoms with van der Waals surface area (Å²) in [6.45, 7) is 21.4.